The van der Waals surface area contributed by atoms with Gasteiger partial charge in [0.25, 0.3) is 0 Å². The Morgan fingerprint density at radius 2 is 2.00 bits per heavy atom. The van der Waals surface area contributed by atoms with Crippen LogP contribution in [0.1, 0.15) is 25.8 Å². The van der Waals surface area contributed by atoms with Crippen LogP contribution in [0.25, 0.3) is 21.9 Å². The topological polar surface area (TPSA) is 16.4 Å². The Kier molecular flexibility index (Phi) is 4.19. The molecule has 25 heavy (non-hydrogen) atoms. The van der Waals surface area contributed by atoms with E-state index in [0.29, 0.717) is 6.17 Å². The molecule has 2 aromatic carbocycles. The van der Waals surface area contributed by atoms with E-state index in [1.165, 1.54) is 22.0 Å². The first-order valence-electron chi connectivity index (χ1n) is 8.38. The number of hydrogen-bond acceptors (Lipinski definition) is 2. The van der Waals surface area contributed by atoms with Crippen LogP contribution in [0, 0.1) is 6.20 Å². The summed E-state index contributed by atoms with van der Waals surface area (Å²) in [5, 5.41) is 2.46. The van der Waals surface area contributed by atoms with Crippen molar-refractivity contribution in [1.82, 2.24) is 9.38 Å². The molecule has 2 bridgehead atoms. The fourth-order valence-electron chi connectivity index (χ4n) is 5.16. The number of fused-ring (bicyclic) bond motifs is 4. The zero-order valence-electron chi connectivity index (χ0n) is 14.5. The molecule has 0 saturated carbocycles. The number of rotatable bonds is 1. The van der Waals surface area contributed by atoms with Gasteiger partial charge in [-0.2, -0.15) is 0 Å². The van der Waals surface area contributed by atoms with Gasteiger partial charge in [0.1, 0.15) is 23.5 Å². The summed E-state index contributed by atoms with van der Waals surface area (Å²) in [6.07, 6.45) is 7.33. The maximum Gasteiger partial charge on any atom is 0.156 e. The van der Waals surface area contributed by atoms with E-state index >= 15 is 0 Å². The Bertz CT molecular complexity index is 1040. The normalized spacial score (nSPS) is 30.6. The fraction of sp³-hybridized carbons (Fsp3) is 0.300. The van der Waals surface area contributed by atoms with Crippen molar-refractivity contribution in [2.75, 3.05) is 6.67 Å². The van der Waals surface area contributed by atoms with Crippen molar-refractivity contribution in [1.29, 1.82) is 0 Å². The van der Waals surface area contributed by atoms with Crippen LogP contribution >= 0.6 is 0 Å². The molecular formula is C20H18N2OY2. The molecule has 0 N–H and O–H groups in total. The number of benzene rings is 2. The predicted molar refractivity (Wildman–Crippen MR) is 91.5 cm³/mol. The third-order valence-corrected chi connectivity index (χ3v) is 6.44. The van der Waals surface area contributed by atoms with Crippen LogP contribution in [-0.4, -0.2) is 17.7 Å². The second kappa shape index (κ2) is 5.72. The minimum atomic E-state index is 0. The standard InChI is InChI=1S/C20H18N2O.2Y/c1-3-20(2)15-11-18-14(13-6-4-5-7-17(13)23-18)10-16(15)22-9-8-21(12-22)19(20)22;;/h4-7,9-11,19H,3,12H2,1-2H3;;. The van der Waals surface area contributed by atoms with Gasteiger partial charge in [0.15, 0.2) is 6.17 Å². The first-order valence-corrected chi connectivity index (χ1v) is 8.38. The molecule has 5 heterocycles. The van der Waals surface area contributed by atoms with Crippen LogP contribution in [0.3, 0.4) is 0 Å². The molecule has 3 nitrogen and oxygen atoms in total. The summed E-state index contributed by atoms with van der Waals surface area (Å²) >= 11 is 0. The minimum Gasteiger partial charge on any atom is -0.456 e. The van der Waals surface area contributed by atoms with Crippen molar-refractivity contribution in [2.45, 2.75) is 31.8 Å². The number of nitrogens with zero attached hydrogens (tertiary/aromatic N) is 2. The maximum atomic E-state index is 6.14. The molecule has 1 spiro atoms. The van der Waals surface area contributed by atoms with E-state index < -0.39 is 0 Å². The van der Waals surface area contributed by atoms with E-state index in [0.717, 1.165) is 28.7 Å². The molecule has 3 unspecified atom stereocenters. The van der Waals surface area contributed by atoms with Gasteiger partial charge in [-0.05, 0) is 25.5 Å². The van der Waals surface area contributed by atoms with E-state index in [1.54, 1.807) is 0 Å². The van der Waals surface area contributed by atoms with E-state index in [-0.39, 0.29) is 70.8 Å². The van der Waals surface area contributed by atoms with Gasteiger partial charge in [0.2, 0.25) is 0 Å². The van der Waals surface area contributed by atoms with Gasteiger partial charge in [-0.3, -0.25) is 4.48 Å². The molecule has 1 fully saturated rings. The molecule has 4 aliphatic rings. The molecule has 3 atom stereocenters. The SMILES string of the molecule is CCC1(C)c2cc3oc4ccccc4c3cc2[N+]23C=[C-]N(C2)C13.[Y].[Y]. The second-order valence-electron chi connectivity index (χ2n) is 7.41. The summed E-state index contributed by atoms with van der Waals surface area (Å²) < 4.78 is 7.09. The van der Waals surface area contributed by atoms with Crippen molar-refractivity contribution < 1.29 is 69.8 Å². The van der Waals surface area contributed by atoms with E-state index in [2.05, 4.69) is 61.5 Å². The Morgan fingerprint density at radius 3 is 2.76 bits per heavy atom. The molecule has 4 aliphatic heterocycles. The third-order valence-electron chi connectivity index (χ3n) is 6.44. The predicted octanol–water partition coefficient (Wildman–Crippen LogP) is 4.46. The Labute approximate surface area is 197 Å². The van der Waals surface area contributed by atoms with Gasteiger partial charge in [-0.1, -0.05) is 31.3 Å². The summed E-state index contributed by atoms with van der Waals surface area (Å²) in [5.74, 6) is 0. The third kappa shape index (κ3) is 1.95. The summed E-state index contributed by atoms with van der Waals surface area (Å²) in [6, 6.07) is 13.0. The van der Waals surface area contributed by atoms with Crippen LogP contribution in [0.2, 0.25) is 0 Å². The summed E-state index contributed by atoms with van der Waals surface area (Å²) in [5.41, 5.74) is 5.05. The largest absolute Gasteiger partial charge is 0.456 e. The number of hydrogen-bond donors (Lipinski definition) is 0. The van der Waals surface area contributed by atoms with Crippen molar-refractivity contribution >= 4 is 27.6 Å². The molecule has 1 saturated heterocycles. The molecule has 0 amide bonds. The van der Waals surface area contributed by atoms with Crippen molar-refractivity contribution in [3.05, 3.63) is 54.4 Å². The molecule has 3 aromatic rings. The van der Waals surface area contributed by atoms with Gasteiger partial charge in [-0.15, -0.1) is 0 Å². The molecule has 120 valence electrons. The molecular weight excluding hydrogens is 462 g/mol. The van der Waals surface area contributed by atoms with Crippen molar-refractivity contribution in [2.24, 2.45) is 0 Å². The van der Waals surface area contributed by atoms with E-state index in [1.807, 2.05) is 6.07 Å². The summed E-state index contributed by atoms with van der Waals surface area (Å²) in [7, 11) is 0. The number of para-hydroxylation sites is 1. The van der Waals surface area contributed by atoms with Gasteiger partial charge in [0.05, 0.1) is 5.41 Å². The Morgan fingerprint density at radius 1 is 1.20 bits per heavy atom. The van der Waals surface area contributed by atoms with Gasteiger partial charge in [-0.25, -0.2) is 0 Å². The Balaban J connectivity index is 0.000000784. The smallest absolute Gasteiger partial charge is 0.156 e. The quantitative estimate of drug-likeness (QED) is 0.378. The number of quaternary nitrogens is 1. The molecule has 1 aromatic heterocycles. The zero-order valence-corrected chi connectivity index (χ0v) is 20.2. The van der Waals surface area contributed by atoms with Gasteiger partial charge < -0.3 is 15.5 Å². The van der Waals surface area contributed by atoms with Crippen molar-refractivity contribution in [3.8, 4) is 0 Å². The van der Waals surface area contributed by atoms with Gasteiger partial charge >= 0.3 is 0 Å². The van der Waals surface area contributed by atoms with Crippen molar-refractivity contribution in [3.63, 3.8) is 0 Å². The first kappa shape index (κ1) is 18.3. The van der Waals surface area contributed by atoms with Gasteiger partial charge in [0, 0.05) is 87.8 Å². The molecule has 2 radical (unpaired) electrons. The molecule has 0 aliphatic carbocycles. The summed E-state index contributed by atoms with van der Waals surface area (Å²) in [6.45, 7) is 5.74. The molecule has 7 rings (SSSR count). The van der Waals surface area contributed by atoms with E-state index in [4.69, 9.17) is 4.42 Å². The van der Waals surface area contributed by atoms with Crippen LogP contribution < -0.4 is 4.48 Å². The number of furan rings is 1. The average molecular weight is 480 g/mol. The molecule has 5 heteroatoms. The van der Waals surface area contributed by atoms with E-state index in [9.17, 15) is 0 Å². The average Bonchev–Trinajstić information content (AvgIpc) is 3.26. The second-order valence-corrected chi connectivity index (χ2v) is 7.41. The van der Waals surface area contributed by atoms with Crippen LogP contribution in [0.5, 0.6) is 0 Å². The van der Waals surface area contributed by atoms with Crippen LogP contribution in [0.15, 0.2) is 47.0 Å². The maximum absolute atomic E-state index is 6.14. The summed E-state index contributed by atoms with van der Waals surface area (Å²) in [4.78, 5) is 2.38. The van der Waals surface area contributed by atoms with Crippen LogP contribution in [-0.2, 0) is 70.8 Å². The monoisotopic (exact) mass is 480 g/mol. The van der Waals surface area contributed by atoms with Crippen LogP contribution in [0.4, 0.5) is 5.69 Å². The first-order chi connectivity index (χ1) is 11.2. The zero-order chi connectivity index (χ0) is 15.4. The Hall–Kier alpha value is -0.0522. The fourth-order valence-corrected chi connectivity index (χ4v) is 5.16. The minimum absolute atomic E-state index is 0.